The Hall–Kier alpha value is -1.92. The summed E-state index contributed by atoms with van der Waals surface area (Å²) in [6, 6.07) is 7.64. The topological polar surface area (TPSA) is 65.5 Å². The number of amides is 2. The Kier molecular flexibility index (Phi) is 5.16. The molecule has 1 aromatic heterocycles. The van der Waals surface area contributed by atoms with Crippen LogP contribution in [0.5, 0.6) is 0 Å². The number of thiazole rings is 1. The van der Waals surface area contributed by atoms with Crippen LogP contribution in [0.15, 0.2) is 24.3 Å². The summed E-state index contributed by atoms with van der Waals surface area (Å²) in [5, 5.41) is 13.8. The Balaban J connectivity index is 1.60. The first kappa shape index (κ1) is 16.9. The van der Waals surface area contributed by atoms with Gasteiger partial charge < -0.3 is 15.3 Å². The summed E-state index contributed by atoms with van der Waals surface area (Å²) in [6.45, 7) is 5.19. The lowest BCUT2D eigenvalue weighted by Crippen LogP contribution is -2.47. The minimum absolute atomic E-state index is 0.0602. The third-order valence-corrected chi connectivity index (χ3v) is 5.67. The van der Waals surface area contributed by atoms with E-state index in [-0.39, 0.29) is 18.7 Å². The summed E-state index contributed by atoms with van der Waals surface area (Å²) in [4.78, 5) is 20.0. The second-order valence-electron chi connectivity index (χ2n) is 6.07. The summed E-state index contributed by atoms with van der Waals surface area (Å²) >= 11 is 1.68. The van der Waals surface area contributed by atoms with Crippen LogP contribution in [0.2, 0.25) is 0 Å². The highest BCUT2D eigenvalue weighted by Crippen LogP contribution is 2.29. The zero-order valence-corrected chi connectivity index (χ0v) is 14.9. The van der Waals surface area contributed by atoms with E-state index in [1.807, 2.05) is 25.1 Å². The highest BCUT2D eigenvalue weighted by Gasteiger charge is 2.29. The monoisotopic (exact) mass is 345 g/mol. The first-order valence-corrected chi connectivity index (χ1v) is 9.08. The number of benzene rings is 1. The van der Waals surface area contributed by atoms with E-state index in [4.69, 9.17) is 0 Å². The molecule has 1 aromatic carbocycles. The van der Waals surface area contributed by atoms with Crippen molar-refractivity contribution in [3.63, 3.8) is 0 Å². The van der Waals surface area contributed by atoms with Gasteiger partial charge in [-0.15, -0.1) is 11.3 Å². The van der Waals surface area contributed by atoms with Gasteiger partial charge in [0.25, 0.3) is 0 Å². The molecule has 0 radical (unpaired) electrons. The Labute approximate surface area is 146 Å². The van der Waals surface area contributed by atoms with Gasteiger partial charge in [0.1, 0.15) is 0 Å². The Morgan fingerprint density at radius 2 is 2.21 bits per heavy atom. The number of hydrogen-bond donors (Lipinski definition) is 2. The van der Waals surface area contributed by atoms with Gasteiger partial charge in [-0.05, 0) is 31.4 Å². The normalized spacial score (nSPS) is 16.8. The molecule has 0 aliphatic carbocycles. The smallest absolute Gasteiger partial charge is 0.318 e. The lowest BCUT2D eigenvalue weighted by molar-refractivity contribution is 0.127. The van der Waals surface area contributed by atoms with E-state index in [0.29, 0.717) is 13.1 Å². The van der Waals surface area contributed by atoms with E-state index in [1.54, 1.807) is 16.2 Å². The number of aryl methyl sites for hydroxylation is 2. The molecular weight excluding hydrogens is 322 g/mol. The minimum atomic E-state index is -0.265. The van der Waals surface area contributed by atoms with Gasteiger partial charge in [-0.2, -0.15) is 0 Å². The largest absolute Gasteiger partial charge is 0.394 e. The Morgan fingerprint density at radius 3 is 2.92 bits per heavy atom. The van der Waals surface area contributed by atoms with Gasteiger partial charge in [0, 0.05) is 24.4 Å². The van der Waals surface area contributed by atoms with Crippen molar-refractivity contribution in [2.24, 2.45) is 0 Å². The molecule has 128 valence electrons. The maximum atomic E-state index is 12.5. The number of fused-ring (bicyclic) bond motifs is 1. The lowest BCUT2D eigenvalue weighted by Gasteiger charge is -2.36. The molecule has 5 nitrogen and oxygen atoms in total. The molecule has 1 atom stereocenters. The van der Waals surface area contributed by atoms with Crippen LogP contribution in [0, 0.1) is 13.8 Å². The van der Waals surface area contributed by atoms with Crippen LogP contribution in [-0.2, 0) is 12.8 Å². The molecule has 1 unspecified atom stereocenters. The van der Waals surface area contributed by atoms with Gasteiger partial charge in [0.05, 0.1) is 23.4 Å². The molecule has 2 aromatic rings. The number of aliphatic hydroxyl groups excluding tert-OH is 1. The summed E-state index contributed by atoms with van der Waals surface area (Å²) in [6.07, 6.45) is 1.56. The van der Waals surface area contributed by atoms with E-state index in [9.17, 15) is 9.90 Å². The number of rotatable bonds is 4. The third-order valence-electron chi connectivity index (χ3n) is 4.53. The minimum Gasteiger partial charge on any atom is -0.394 e. The van der Waals surface area contributed by atoms with Crippen LogP contribution in [0.3, 0.4) is 0 Å². The van der Waals surface area contributed by atoms with E-state index in [1.165, 1.54) is 10.4 Å². The van der Waals surface area contributed by atoms with Crippen LogP contribution < -0.4 is 5.32 Å². The SMILES string of the molecule is Cc1nc(CCNC(=O)N2CCc3ccccc3C2CO)sc1C. The summed E-state index contributed by atoms with van der Waals surface area (Å²) in [5.41, 5.74) is 3.33. The first-order valence-electron chi connectivity index (χ1n) is 8.26. The van der Waals surface area contributed by atoms with Gasteiger partial charge in [0.2, 0.25) is 0 Å². The molecule has 1 aliphatic rings. The summed E-state index contributed by atoms with van der Waals surface area (Å²) in [5.74, 6) is 0. The predicted molar refractivity (Wildman–Crippen MR) is 95.4 cm³/mol. The maximum Gasteiger partial charge on any atom is 0.318 e. The van der Waals surface area contributed by atoms with E-state index < -0.39 is 0 Å². The lowest BCUT2D eigenvalue weighted by atomic mass is 9.93. The molecule has 2 amide bonds. The molecule has 1 aliphatic heterocycles. The van der Waals surface area contributed by atoms with Crippen LogP contribution in [-0.4, -0.2) is 40.7 Å². The maximum absolute atomic E-state index is 12.5. The van der Waals surface area contributed by atoms with Gasteiger partial charge in [0.15, 0.2) is 0 Å². The second kappa shape index (κ2) is 7.32. The first-order chi connectivity index (χ1) is 11.6. The fourth-order valence-corrected chi connectivity index (χ4v) is 4.05. The molecular formula is C18H23N3O2S. The summed E-state index contributed by atoms with van der Waals surface area (Å²) in [7, 11) is 0. The number of hydrogen-bond acceptors (Lipinski definition) is 4. The highest BCUT2D eigenvalue weighted by molar-refractivity contribution is 7.11. The van der Waals surface area contributed by atoms with Crippen LogP contribution in [0.1, 0.15) is 32.7 Å². The second-order valence-corrected chi connectivity index (χ2v) is 7.36. The molecule has 0 saturated carbocycles. The fraction of sp³-hybridized carbons (Fsp3) is 0.444. The summed E-state index contributed by atoms with van der Waals surface area (Å²) < 4.78 is 0. The molecule has 3 rings (SSSR count). The Bertz CT molecular complexity index is 709. The van der Waals surface area contributed by atoms with Crippen molar-refractivity contribution in [1.29, 1.82) is 0 Å². The van der Waals surface area contributed by atoms with Crippen molar-refractivity contribution in [3.05, 3.63) is 51.0 Å². The van der Waals surface area contributed by atoms with E-state index in [2.05, 4.69) is 23.3 Å². The number of aromatic nitrogens is 1. The number of carbonyl (C=O) groups is 1. The number of nitrogens with zero attached hydrogens (tertiary/aromatic N) is 2. The zero-order chi connectivity index (χ0) is 17.1. The fourth-order valence-electron chi connectivity index (χ4n) is 3.12. The molecule has 2 N–H and O–H groups in total. The Morgan fingerprint density at radius 1 is 1.42 bits per heavy atom. The van der Waals surface area contributed by atoms with Crippen molar-refractivity contribution in [2.75, 3.05) is 19.7 Å². The highest BCUT2D eigenvalue weighted by atomic mass is 32.1. The van der Waals surface area contributed by atoms with Crippen LogP contribution >= 0.6 is 11.3 Å². The quantitative estimate of drug-likeness (QED) is 0.895. The van der Waals surface area contributed by atoms with Gasteiger partial charge in [-0.1, -0.05) is 24.3 Å². The zero-order valence-electron chi connectivity index (χ0n) is 14.1. The molecule has 6 heteroatoms. The van der Waals surface area contributed by atoms with Gasteiger partial charge in [-0.3, -0.25) is 0 Å². The molecule has 24 heavy (non-hydrogen) atoms. The van der Waals surface area contributed by atoms with Crippen LogP contribution in [0.4, 0.5) is 4.79 Å². The van der Waals surface area contributed by atoms with E-state index in [0.717, 1.165) is 29.1 Å². The van der Waals surface area contributed by atoms with Gasteiger partial charge in [-0.25, -0.2) is 9.78 Å². The van der Waals surface area contributed by atoms with Crippen LogP contribution in [0.25, 0.3) is 0 Å². The number of nitrogens with one attached hydrogen (secondary N) is 1. The van der Waals surface area contributed by atoms with Gasteiger partial charge >= 0.3 is 6.03 Å². The van der Waals surface area contributed by atoms with Crippen molar-refractivity contribution < 1.29 is 9.90 Å². The third kappa shape index (κ3) is 3.44. The average Bonchev–Trinajstić information content (AvgIpc) is 2.91. The van der Waals surface area contributed by atoms with Crippen molar-refractivity contribution in [1.82, 2.24) is 15.2 Å². The van der Waals surface area contributed by atoms with Crippen molar-refractivity contribution in [2.45, 2.75) is 32.7 Å². The molecule has 2 heterocycles. The standard InChI is InChI=1S/C18H23N3O2S/c1-12-13(2)24-17(20-12)7-9-19-18(23)21-10-8-14-5-3-4-6-15(14)16(21)11-22/h3-6,16,22H,7-11H2,1-2H3,(H,19,23). The molecule has 0 saturated heterocycles. The number of carbonyl (C=O) groups excluding carboxylic acids is 1. The van der Waals surface area contributed by atoms with E-state index >= 15 is 0 Å². The number of aliphatic hydroxyl groups is 1. The average molecular weight is 345 g/mol. The predicted octanol–water partition coefficient (Wildman–Crippen LogP) is 2.60. The number of urea groups is 1. The molecule has 0 fully saturated rings. The van der Waals surface area contributed by atoms with Crippen molar-refractivity contribution >= 4 is 17.4 Å². The van der Waals surface area contributed by atoms with Crippen molar-refractivity contribution in [3.8, 4) is 0 Å². The molecule has 0 bridgehead atoms. The molecule has 0 spiro atoms.